The van der Waals surface area contributed by atoms with E-state index in [1.807, 2.05) is 17.0 Å². The van der Waals surface area contributed by atoms with Gasteiger partial charge >= 0.3 is 0 Å². The van der Waals surface area contributed by atoms with Crippen LogP contribution in [0.15, 0.2) is 60.9 Å². The zero-order valence-electron chi connectivity index (χ0n) is 32.4. The van der Waals surface area contributed by atoms with Crippen LogP contribution in [0.2, 0.25) is 5.02 Å². The van der Waals surface area contributed by atoms with E-state index >= 15 is 4.39 Å². The summed E-state index contributed by atoms with van der Waals surface area (Å²) in [4.78, 5) is 66.5. The maximum Gasteiger partial charge on any atom is 0.262 e. The Morgan fingerprint density at radius 1 is 0.864 bits per heavy atom. The normalized spacial score (nSPS) is 19.1. The molecule has 0 bridgehead atoms. The van der Waals surface area contributed by atoms with Gasteiger partial charge in [-0.15, -0.1) is 0 Å². The summed E-state index contributed by atoms with van der Waals surface area (Å²) in [5.41, 5.74) is 1.47. The minimum atomic E-state index is -1.27. The predicted molar refractivity (Wildman–Crippen MR) is 216 cm³/mol. The lowest BCUT2D eigenvalue weighted by Gasteiger charge is -2.38. The number of anilines is 3. The molecule has 17 heteroatoms. The number of imide groups is 2. The van der Waals surface area contributed by atoms with Gasteiger partial charge in [0, 0.05) is 55.9 Å². The number of hydrogen-bond donors (Lipinski definition) is 2. The minimum Gasteiger partial charge on any atom is -0.493 e. The smallest absolute Gasteiger partial charge is 0.262 e. The van der Waals surface area contributed by atoms with E-state index in [-0.39, 0.29) is 21.8 Å². The van der Waals surface area contributed by atoms with E-state index in [1.165, 1.54) is 30.6 Å². The van der Waals surface area contributed by atoms with E-state index in [0.29, 0.717) is 59.5 Å². The molecule has 4 aromatic rings. The zero-order valence-corrected chi connectivity index (χ0v) is 33.1. The molecule has 4 amide bonds. The Morgan fingerprint density at radius 3 is 2.34 bits per heavy atom. The van der Waals surface area contributed by atoms with Crippen molar-refractivity contribution >= 4 is 63.3 Å². The van der Waals surface area contributed by atoms with Crippen molar-refractivity contribution in [1.82, 2.24) is 30.0 Å². The Labute approximate surface area is 344 Å². The van der Waals surface area contributed by atoms with Crippen molar-refractivity contribution in [1.29, 1.82) is 0 Å². The second-order valence-corrected chi connectivity index (χ2v) is 15.5. The molecule has 4 aliphatic heterocycles. The SMILES string of the molecule is COc1cc2c(Nc3ccc(F)c(Cl)c3)ncnc2cc1OCCCN1CCC(CCN2CCN(c3cc4c(cc3F)C(=O)N(C3C=CC(=O)NC3=O)C4=O)CC2)CC1. The van der Waals surface area contributed by atoms with Crippen LogP contribution in [-0.4, -0.2) is 120 Å². The van der Waals surface area contributed by atoms with Gasteiger partial charge < -0.3 is 24.6 Å². The average molecular weight is 829 g/mol. The van der Waals surface area contributed by atoms with Gasteiger partial charge in [0.1, 0.15) is 29.8 Å². The van der Waals surface area contributed by atoms with Crippen molar-refractivity contribution in [2.75, 3.05) is 76.3 Å². The summed E-state index contributed by atoms with van der Waals surface area (Å²) in [5.74, 6) is -1.67. The van der Waals surface area contributed by atoms with E-state index in [4.69, 9.17) is 21.1 Å². The molecule has 59 heavy (non-hydrogen) atoms. The van der Waals surface area contributed by atoms with Crippen molar-refractivity contribution < 1.29 is 37.4 Å². The first-order valence-corrected chi connectivity index (χ1v) is 20.1. The van der Waals surface area contributed by atoms with E-state index in [9.17, 15) is 23.6 Å². The molecular weight excluding hydrogens is 786 g/mol. The number of likely N-dealkylation sites (tertiary alicyclic amines) is 1. The van der Waals surface area contributed by atoms with Crippen LogP contribution in [0.5, 0.6) is 11.5 Å². The number of fused-ring (bicyclic) bond motifs is 2. The maximum absolute atomic E-state index is 15.4. The Morgan fingerprint density at radius 2 is 1.61 bits per heavy atom. The van der Waals surface area contributed by atoms with E-state index in [1.54, 1.807) is 13.2 Å². The number of benzene rings is 3. The largest absolute Gasteiger partial charge is 0.493 e. The molecule has 4 aliphatic rings. The number of carbonyl (C=O) groups is 4. The van der Waals surface area contributed by atoms with Crippen molar-refractivity contribution in [3.05, 3.63) is 88.7 Å². The zero-order chi connectivity index (χ0) is 41.2. The van der Waals surface area contributed by atoms with Crippen LogP contribution >= 0.6 is 11.6 Å². The maximum atomic E-state index is 15.4. The molecule has 1 atom stereocenters. The molecule has 308 valence electrons. The lowest BCUT2D eigenvalue weighted by atomic mass is 9.93. The number of hydrogen-bond acceptors (Lipinski definition) is 12. The van der Waals surface area contributed by atoms with Gasteiger partial charge in [-0.1, -0.05) is 11.6 Å². The number of piperazine rings is 1. The predicted octanol–water partition coefficient (Wildman–Crippen LogP) is 5.18. The topological polar surface area (TPSA) is 150 Å². The highest BCUT2D eigenvalue weighted by Crippen LogP contribution is 2.36. The van der Waals surface area contributed by atoms with Crippen LogP contribution in [0.25, 0.3) is 10.9 Å². The summed E-state index contributed by atoms with van der Waals surface area (Å²) in [6, 6.07) is 9.24. The fourth-order valence-electron chi connectivity index (χ4n) is 8.16. The monoisotopic (exact) mass is 828 g/mol. The van der Waals surface area contributed by atoms with E-state index < -0.39 is 41.3 Å². The molecule has 5 heterocycles. The fourth-order valence-corrected chi connectivity index (χ4v) is 8.34. The van der Waals surface area contributed by atoms with Crippen molar-refractivity contribution in [3.63, 3.8) is 0 Å². The van der Waals surface area contributed by atoms with Gasteiger partial charge in [0.2, 0.25) is 5.91 Å². The molecule has 3 aromatic carbocycles. The Balaban J connectivity index is 0.761. The van der Waals surface area contributed by atoms with Crippen molar-refractivity contribution in [2.24, 2.45) is 5.92 Å². The summed E-state index contributed by atoms with van der Waals surface area (Å²) in [7, 11) is 1.58. The first-order chi connectivity index (χ1) is 28.6. The van der Waals surface area contributed by atoms with E-state index in [0.717, 1.165) is 82.0 Å². The Bertz CT molecular complexity index is 2330. The number of rotatable bonds is 13. The highest BCUT2D eigenvalue weighted by molar-refractivity contribution is 6.31. The number of piperidine rings is 1. The first kappa shape index (κ1) is 40.1. The second-order valence-electron chi connectivity index (χ2n) is 15.1. The summed E-state index contributed by atoms with van der Waals surface area (Å²) in [5, 5.41) is 5.99. The molecule has 0 aliphatic carbocycles. The standard InChI is InChI=1S/C42H43ClF2N8O6/c1-58-36-22-29-33(46-24-47-39(29)48-26-3-4-31(44)30(43)19-26)23-37(36)59-18-2-10-50-11-7-25(8-12-50)9-13-51-14-16-52(17-15-51)35-21-28-27(20-32(35)45)41(56)53(42(28)57)34-5-6-38(54)49-40(34)55/h3-6,19-25,34H,2,7-18H2,1H3,(H,46,47,48)(H,49,54,55). The van der Waals surface area contributed by atoms with Gasteiger partial charge in [-0.2, -0.15) is 0 Å². The number of aromatic nitrogens is 2. The molecular formula is C42H43ClF2N8O6. The molecule has 2 fully saturated rings. The van der Waals surface area contributed by atoms with Crippen LogP contribution in [0.3, 0.4) is 0 Å². The van der Waals surface area contributed by atoms with Crippen LogP contribution in [0.4, 0.5) is 26.0 Å². The molecule has 1 aromatic heterocycles. The minimum absolute atomic E-state index is 0.00869. The van der Waals surface area contributed by atoms with E-state index in [2.05, 4.69) is 30.4 Å². The number of amides is 4. The van der Waals surface area contributed by atoms with Crippen LogP contribution < -0.4 is 25.0 Å². The summed E-state index contributed by atoms with van der Waals surface area (Å²) >= 11 is 5.96. The van der Waals surface area contributed by atoms with Crippen molar-refractivity contribution in [3.8, 4) is 11.5 Å². The molecule has 2 N–H and O–H groups in total. The van der Waals surface area contributed by atoms with Gasteiger partial charge in [-0.05, 0) is 93.7 Å². The Hall–Kier alpha value is -5.71. The molecule has 8 rings (SSSR count). The third kappa shape index (κ3) is 8.56. The van der Waals surface area contributed by atoms with Gasteiger partial charge in [0.05, 0.1) is 41.1 Å². The van der Waals surface area contributed by atoms with Gasteiger partial charge in [-0.3, -0.25) is 34.3 Å². The first-order valence-electron chi connectivity index (χ1n) is 19.7. The molecule has 0 radical (unpaired) electrons. The quantitative estimate of drug-likeness (QED) is 0.135. The molecule has 1 unspecified atom stereocenters. The lowest BCUT2D eigenvalue weighted by molar-refractivity contribution is -0.130. The number of nitrogens with one attached hydrogen (secondary N) is 2. The highest BCUT2D eigenvalue weighted by atomic mass is 35.5. The van der Waals surface area contributed by atoms with Crippen LogP contribution in [0.1, 0.15) is 46.4 Å². The lowest BCUT2D eigenvalue weighted by Crippen LogP contribution is -2.51. The summed E-state index contributed by atoms with van der Waals surface area (Å²) in [6.07, 6.45) is 7.94. The average Bonchev–Trinajstić information content (AvgIpc) is 3.47. The third-order valence-electron chi connectivity index (χ3n) is 11.5. The summed E-state index contributed by atoms with van der Waals surface area (Å²) in [6.45, 7) is 7.08. The highest BCUT2D eigenvalue weighted by Gasteiger charge is 2.44. The van der Waals surface area contributed by atoms with Gasteiger partial charge in [0.25, 0.3) is 17.7 Å². The molecule has 0 saturated carbocycles. The number of halogens is 3. The second kappa shape index (κ2) is 17.3. The Kier molecular flexibility index (Phi) is 11.7. The molecule has 2 saturated heterocycles. The number of carbonyl (C=O) groups excluding carboxylic acids is 4. The van der Waals surface area contributed by atoms with Crippen LogP contribution in [0, 0.1) is 17.6 Å². The van der Waals surface area contributed by atoms with Gasteiger partial charge in [-0.25, -0.2) is 18.7 Å². The fraction of sp³-hybridized carbons (Fsp3) is 0.381. The van der Waals surface area contributed by atoms with Crippen LogP contribution in [-0.2, 0) is 9.59 Å². The number of nitrogens with zero attached hydrogens (tertiary/aromatic N) is 6. The third-order valence-corrected chi connectivity index (χ3v) is 11.8. The molecule has 14 nitrogen and oxygen atoms in total. The van der Waals surface area contributed by atoms with Crippen molar-refractivity contribution in [2.45, 2.75) is 31.7 Å². The number of methoxy groups -OCH3 is 1. The molecule has 0 spiro atoms. The van der Waals surface area contributed by atoms with Gasteiger partial charge in [0.15, 0.2) is 11.5 Å². The summed E-state index contributed by atoms with van der Waals surface area (Å²) < 4.78 is 40.9. The number of ether oxygens (including phenoxy) is 2.